The number of halogens is 2. The van der Waals surface area contributed by atoms with Crippen LogP contribution in [0.4, 0.5) is 8.78 Å². The van der Waals surface area contributed by atoms with Gasteiger partial charge in [0.05, 0.1) is 28.4 Å². The second kappa shape index (κ2) is 9.71. The molecule has 0 aromatic carbocycles. The highest BCUT2D eigenvalue weighted by Crippen LogP contribution is 2.49. The van der Waals surface area contributed by atoms with Crippen molar-refractivity contribution in [2.24, 2.45) is 0 Å². The molecule has 1 saturated heterocycles. The van der Waals surface area contributed by atoms with Crippen LogP contribution in [0.15, 0.2) is 23.5 Å². The fraction of sp³-hybridized carbons (Fsp3) is 0.565. The zero-order valence-corrected chi connectivity index (χ0v) is 21.3. The van der Waals surface area contributed by atoms with E-state index < -0.39 is 23.5 Å². The molecule has 1 aliphatic heterocycles. The van der Waals surface area contributed by atoms with Crippen molar-refractivity contribution in [3.05, 3.63) is 34.2 Å². The molecule has 3 heterocycles. The third kappa shape index (κ3) is 5.20. The van der Waals surface area contributed by atoms with Gasteiger partial charge in [-0.25, -0.2) is 13.8 Å². The molecule has 2 aromatic rings. The maximum absolute atomic E-state index is 14.5. The lowest BCUT2D eigenvalue weighted by molar-refractivity contribution is 0.146. The Balaban J connectivity index is 1.47. The molecule has 12 heteroatoms. The summed E-state index contributed by atoms with van der Waals surface area (Å²) in [5.74, 6) is -0.0701. The lowest BCUT2D eigenvalue weighted by Crippen LogP contribution is -2.44. The van der Waals surface area contributed by atoms with Gasteiger partial charge < -0.3 is 4.90 Å². The minimum absolute atomic E-state index is 0.254. The van der Waals surface area contributed by atoms with E-state index in [1.807, 2.05) is 4.57 Å². The largest absolute Gasteiger partial charge is 0.304 e. The van der Waals surface area contributed by atoms with Gasteiger partial charge in [-0.05, 0) is 44.7 Å². The third-order valence-electron chi connectivity index (χ3n) is 6.85. The summed E-state index contributed by atoms with van der Waals surface area (Å²) in [5.41, 5.74) is -0.229. The number of hydrogen-bond donors (Lipinski definition) is 1. The summed E-state index contributed by atoms with van der Waals surface area (Å²) < 4.78 is 32.8. The molecule has 0 unspecified atom stereocenters. The third-order valence-corrected chi connectivity index (χ3v) is 9.05. The Labute approximate surface area is 211 Å². The highest BCUT2D eigenvalue weighted by atomic mass is 32.2. The van der Waals surface area contributed by atoms with Crippen molar-refractivity contribution < 1.29 is 8.78 Å². The van der Waals surface area contributed by atoms with E-state index in [9.17, 15) is 14.0 Å². The average Bonchev–Trinajstić information content (AvgIpc) is 3.74. The van der Waals surface area contributed by atoms with Gasteiger partial charge in [0, 0.05) is 38.9 Å². The van der Waals surface area contributed by atoms with Crippen molar-refractivity contribution >= 4 is 29.5 Å². The van der Waals surface area contributed by atoms with Crippen molar-refractivity contribution in [1.29, 1.82) is 5.26 Å². The monoisotopic (exact) mass is 518 g/mol. The summed E-state index contributed by atoms with van der Waals surface area (Å²) in [6.45, 7) is 7.44. The topological polar surface area (TPSA) is 85.9 Å². The Kier molecular flexibility index (Phi) is 6.80. The Morgan fingerprint density at radius 3 is 2.63 bits per heavy atom. The summed E-state index contributed by atoms with van der Waals surface area (Å²) in [6, 6.07) is 2.36. The second-order valence-corrected chi connectivity index (χ2v) is 11.5. The summed E-state index contributed by atoms with van der Waals surface area (Å²) in [4.78, 5) is 9.50. The number of nitrogens with one attached hydrogen (secondary N) is 1. The molecular weight excluding hydrogens is 490 g/mol. The molecule has 0 bridgehead atoms. The van der Waals surface area contributed by atoms with Gasteiger partial charge in [-0.3, -0.25) is 14.2 Å². The van der Waals surface area contributed by atoms with E-state index in [1.165, 1.54) is 11.3 Å². The summed E-state index contributed by atoms with van der Waals surface area (Å²) >= 11 is 2.41. The van der Waals surface area contributed by atoms with Crippen molar-refractivity contribution in [3.63, 3.8) is 0 Å². The fourth-order valence-corrected chi connectivity index (χ4v) is 5.79. The van der Waals surface area contributed by atoms with Gasteiger partial charge in [-0.1, -0.05) is 17.9 Å². The molecule has 186 valence electrons. The quantitative estimate of drug-likeness (QED) is 0.376. The van der Waals surface area contributed by atoms with E-state index >= 15 is 0 Å². The minimum Gasteiger partial charge on any atom is -0.304 e. The number of nitriles is 1. The Bertz CT molecular complexity index is 1170. The number of imidazole rings is 1. The van der Waals surface area contributed by atoms with Crippen LogP contribution in [-0.4, -0.2) is 75.0 Å². The van der Waals surface area contributed by atoms with Gasteiger partial charge in [0.15, 0.2) is 10.8 Å². The molecule has 5 rings (SSSR count). The first-order valence-electron chi connectivity index (χ1n) is 11.7. The highest BCUT2D eigenvalue weighted by molar-refractivity contribution is 8.01. The molecule has 0 spiro atoms. The molecule has 0 atom stereocenters. The Morgan fingerprint density at radius 2 is 2.03 bits per heavy atom. The molecule has 3 aliphatic rings. The summed E-state index contributed by atoms with van der Waals surface area (Å²) in [6.07, 6.45) is 6.45. The van der Waals surface area contributed by atoms with Crippen LogP contribution in [0.25, 0.3) is 17.0 Å². The molecule has 8 nitrogen and oxygen atoms in total. The van der Waals surface area contributed by atoms with Crippen LogP contribution in [0.2, 0.25) is 0 Å². The highest BCUT2D eigenvalue weighted by Gasteiger charge is 2.48. The van der Waals surface area contributed by atoms with E-state index in [0.717, 1.165) is 69.5 Å². The Hall–Kier alpha value is -2.17. The molecule has 2 saturated carbocycles. The molecule has 2 aliphatic carbocycles. The lowest BCUT2D eigenvalue weighted by Gasteiger charge is -2.32. The van der Waals surface area contributed by atoms with Gasteiger partial charge in [0.25, 0.3) is 0 Å². The second-order valence-electron chi connectivity index (χ2n) is 9.65. The minimum atomic E-state index is -0.610. The first-order chi connectivity index (χ1) is 16.9. The van der Waals surface area contributed by atoms with E-state index in [-0.39, 0.29) is 4.91 Å². The number of allylic oxidation sites excluding steroid dienone is 1. The molecule has 0 amide bonds. The fourth-order valence-electron chi connectivity index (χ4n) is 3.90. The molecule has 2 aromatic heterocycles. The standard InChI is InChI=1S/C23H28F2N8S2/c1-16(25)18(35-30-23(14-24)5-6-23)13-33-17(12-32-9-7-31(2)8-10-32)11-27-19(33)20-28-29-21(34-20)22(15-26)3-4-22/h11,13,30H,1,3-10,12,14H2,2H3/b18-13+. The van der Waals surface area contributed by atoms with Crippen LogP contribution in [0.1, 0.15) is 36.4 Å². The van der Waals surface area contributed by atoms with Crippen molar-refractivity contribution in [2.45, 2.75) is 43.2 Å². The van der Waals surface area contributed by atoms with Crippen LogP contribution < -0.4 is 4.72 Å². The van der Waals surface area contributed by atoms with Crippen molar-refractivity contribution in [2.75, 3.05) is 39.9 Å². The predicted octanol–water partition coefficient (Wildman–Crippen LogP) is 3.73. The first-order valence-corrected chi connectivity index (χ1v) is 13.3. The number of hydrogen-bond acceptors (Lipinski definition) is 9. The van der Waals surface area contributed by atoms with Crippen molar-refractivity contribution in [3.8, 4) is 16.9 Å². The number of rotatable bonds is 10. The summed E-state index contributed by atoms with van der Waals surface area (Å²) in [7, 11) is 2.11. The van der Waals surface area contributed by atoms with E-state index in [1.54, 1.807) is 12.4 Å². The van der Waals surface area contributed by atoms with E-state index in [4.69, 9.17) is 0 Å². The normalized spacial score (nSPS) is 21.6. The van der Waals surface area contributed by atoms with Gasteiger partial charge >= 0.3 is 0 Å². The smallest absolute Gasteiger partial charge is 0.183 e. The molecule has 1 N–H and O–H groups in total. The van der Waals surface area contributed by atoms with Crippen LogP contribution in [0.3, 0.4) is 0 Å². The first kappa shape index (κ1) is 24.5. The molecular formula is C23H28F2N8S2. The lowest BCUT2D eigenvalue weighted by atomic mass is 10.1. The van der Waals surface area contributed by atoms with Gasteiger partial charge in [-0.15, -0.1) is 10.2 Å². The average molecular weight is 519 g/mol. The number of likely N-dealkylation sites (N-methyl/N-ethyl adjacent to an activating group) is 1. The zero-order valence-electron chi connectivity index (χ0n) is 19.6. The van der Waals surface area contributed by atoms with Gasteiger partial charge in [-0.2, -0.15) is 5.26 Å². The van der Waals surface area contributed by atoms with Crippen LogP contribution in [0, 0.1) is 11.3 Å². The Morgan fingerprint density at radius 1 is 1.29 bits per heavy atom. The molecule has 0 radical (unpaired) electrons. The van der Waals surface area contributed by atoms with Crippen molar-refractivity contribution in [1.82, 2.24) is 34.3 Å². The zero-order chi connectivity index (χ0) is 24.6. The SMILES string of the molecule is C=C(F)/C(=C\n1c(CN2CCN(C)CC2)cnc1-c1nnc(C2(C#N)CC2)s1)SNC1(CF)CC1. The number of nitrogens with zero attached hydrogens (tertiary/aromatic N) is 7. The van der Waals surface area contributed by atoms with E-state index in [2.05, 4.69) is 49.4 Å². The number of alkyl halides is 1. The maximum atomic E-state index is 14.5. The maximum Gasteiger partial charge on any atom is 0.183 e. The van der Waals surface area contributed by atoms with Gasteiger partial charge in [0.2, 0.25) is 0 Å². The molecule has 3 fully saturated rings. The summed E-state index contributed by atoms with van der Waals surface area (Å²) in [5, 5.41) is 19.4. The van der Waals surface area contributed by atoms with Gasteiger partial charge in [0.1, 0.15) is 22.9 Å². The predicted molar refractivity (Wildman–Crippen MR) is 134 cm³/mol. The number of piperazine rings is 1. The number of aromatic nitrogens is 4. The van der Waals surface area contributed by atoms with E-state index in [0.29, 0.717) is 22.4 Å². The molecule has 35 heavy (non-hydrogen) atoms. The van der Waals surface area contributed by atoms with Crippen LogP contribution in [-0.2, 0) is 12.0 Å². The van der Waals surface area contributed by atoms with Crippen LogP contribution >= 0.6 is 23.3 Å². The van der Waals surface area contributed by atoms with Crippen LogP contribution in [0.5, 0.6) is 0 Å².